The highest BCUT2D eigenvalue weighted by atomic mass is 32.1. The number of thiophene rings is 1. The molecule has 0 saturated heterocycles. The van der Waals surface area contributed by atoms with Gasteiger partial charge in [0.15, 0.2) is 0 Å². The van der Waals surface area contributed by atoms with Gasteiger partial charge < -0.3 is 11.9 Å². The van der Waals surface area contributed by atoms with Crippen LogP contribution >= 0.6 is 11.3 Å². The third kappa shape index (κ3) is 1.57. The van der Waals surface area contributed by atoms with E-state index in [4.69, 9.17) is 5.73 Å². The van der Waals surface area contributed by atoms with Crippen LogP contribution in [0.4, 0.5) is 5.00 Å². The molecule has 0 fully saturated rings. The van der Waals surface area contributed by atoms with Crippen molar-refractivity contribution in [1.82, 2.24) is 6.15 Å². The second kappa shape index (κ2) is 2.60. The van der Waals surface area contributed by atoms with E-state index in [2.05, 4.69) is 0 Å². The van der Waals surface area contributed by atoms with Gasteiger partial charge in [-0.2, -0.15) is 0 Å². The van der Waals surface area contributed by atoms with Crippen molar-refractivity contribution in [2.75, 3.05) is 5.73 Å². The van der Waals surface area contributed by atoms with E-state index >= 15 is 0 Å². The Hall–Kier alpha value is -0.540. The largest absolute Gasteiger partial charge is 0.391 e. The molecule has 0 amide bonds. The summed E-state index contributed by atoms with van der Waals surface area (Å²) in [6, 6.07) is 3.81. The summed E-state index contributed by atoms with van der Waals surface area (Å²) in [7, 11) is 0. The smallest absolute Gasteiger partial charge is 0.0856 e. The van der Waals surface area contributed by atoms with Crippen molar-refractivity contribution < 1.29 is 0 Å². The second-order valence-corrected chi connectivity index (χ2v) is 1.99. The predicted octanol–water partition coefficient (Wildman–Crippen LogP) is 1.49. The SMILES string of the molecule is N.Nc1cccs1. The van der Waals surface area contributed by atoms with Crippen molar-refractivity contribution in [3.8, 4) is 0 Å². The maximum atomic E-state index is 5.30. The van der Waals surface area contributed by atoms with Gasteiger partial charge in [-0.15, -0.1) is 11.3 Å². The van der Waals surface area contributed by atoms with Crippen LogP contribution in [0.1, 0.15) is 0 Å². The Balaban J connectivity index is 0.000000360. The summed E-state index contributed by atoms with van der Waals surface area (Å²) in [5.74, 6) is 0. The van der Waals surface area contributed by atoms with Gasteiger partial charge in [0.2, 0.25) is 0 Å². The third-order valence-electron chi connectivity index (χ3n) is 0.543. The lowest BCUT2D eigenvalue weighted by Gasteiger charge is -1.68. The fourth-order valence-electron chi connectivity index (χ4n) is 0.291. The van der Waals surface area contributed by atoms with Gasteiger partial charge in [0.05, 0.1) is 5.00 Å². The van der Waals surface area contributed by atoms with Crippen molar-refractivity contribution in [2.24, 2.45) is 0 Å². The number of hydrogen-bond acceptors (Lipinski definition) is 3. The van der Waals surface area contributed by atoms with Crippen molar-refractivity contribution >= 4 is 16.3 Å². The van der Waals surface area contributed by atoms with Crippen LogP contribution in [0.25, 0.3) is 0 Å². The van der Waals surface area contributed by atoms with Crippen LogP contribution in [0.2, 0.25) is 0 Å². The lowest BCUT2D eigenvalue weighted by atomic mass is 10.6. The molecule has 1 rings (SSSR count). The fourth-order valence-corrected chi connectivity index (χ4v) is 0.763. The number of hydrogen-bond donors (Lipinski definition) is 2. The third-order valence-corrected chi connectivity index (χ3v) is 1.24. The molecule has 0 radical (unpaired) electrons. The van der Waals surface area contributed by atoms with Crippen LogP contribution < -0.4 is 11.9 Å². The molecular formula is C4H8N2S. The molecule has 0 saturated carbocycles. The van der Waals surface area contributed by atoms with E-state index < -0.39 is 0 Å². The first-order valence-corrected chi connectivity index (χ1v) is 2.56. The fraction of sp³-hybridized carbons (Fsp3) is 0. The summed E-state index contributed by atoms with van der Waals surface area (Å²) in [5, 5.41) is 2.84. The van der Waals surface area contributed by atoms with Gasteiger partial charge in [-0.3, -0.25) is 0 Å². The molecule has 7 heavy (non-hydrogen) atoms. The zero-order valence-electron chi connectivity index (χ0n) is 3.92. The topological polar surface area (TPSA) is 61.0 Å². The van der Waals surface area contributed by atoms with Crippen LogP contribution in [0, 0.1) is 0 Å². The Bertz CT molecular complexity index is 113. The highest BCUT2D eigenvalue weighted by Gasteiger charge is 1.75. The molecular weight excluding hydrogens is 108 g/mol. The first kappa shape index (κ1) is 6.46. The van der Waals surface area contributed by atoms with Crippen molar-refractivity contribution in [3.63, 3.8) is 0 Å². The van der Waals surface area contributed by atoms with Gasteiger partial charge in [-0.05, 0) is 17.5 Å². The number of nitrogen functional groups attached to an aromatic ring is 1. The minimum absolute atomic E-state index is 0. The Kier molecular flexibility index (Phi) is 2.40. The van der Waals surface area contributed by atoms with Crippen LogP contribution in [0.3, 0.4) is 0 Å². The normalized spacial score (nSPS) is 7.43. The molecule has 1 aromatic heterocycles. The average Bonchev–Trinajstić information content (AvgIpc) is 1.86. The van der Waals surface area contributed by atoms with E-state index in [1.54, 1.807) is 11.3 Å². The Morgan fingerprint density at radius 2 is 2.29 bits per heavy atom. The van der Waals surface area contributed by atoms with Gasteiger partial charge in [-0.1, -0.05) is 0 Å². The van der Waals surface area contributed by atoms with E-state index in [0.717, 1.165) is 5.00 Å². The average molecular weight is 116 g/mol. The molecule has 40 valence electrons. The van der Waals surface area contributed by atoms with Gasteiger partial charge >= 0.3 is 0 Å². The van der Waals surface area contributed by atoms with E-state index in [1.807, 2.05) is 17.5 Å². The summed E-state index contributed by atoms with van der Waals surface area (Å²) in [5.41, 5.74) is 5.30. The Morgan fingerprint density at radius 1 is 1.57 bits per heavy atom. The van der Waals surface area contributed by atoms with Crippen LogP contribution in [-0.4, -0.2) is 0 Å². The van der Waals surface area contributed by atoms with Crippen molar-refractivity contribution in [2.45, 2.75) is 0 Å². The van der Waals surface area contributed by atoms with Gasteiger partial charge in [0.25, 0.3) is 0 Å². The summed E-state index contributed by atoms with van der Waals surface area (Å²) in [4.78, 5) is 0. The molecule has 0 aliphatic heterocycles. The van der Waals surface area contributed by atoms with Crippen LogP contribution in [0.5, 0.6) is 0 Å². The van der Waals surface area contributed by atoms with Crippen molar-refractivity contribution in [1.29, 1.82) is 0 Å². The molecule has 0 spiro atoms. The molecule has 2 nitrogen and oxygen atoms in total. The maximum absolute atomic E-state index is 5.30. The molecule has 0 aliphatic carbocycles. The maximum Gasteiger partial charge on any atom is 0.0856 e. The molecule has 0 aliphatic rings. The summed E-state index contributed by atoms with van der Waals surface area (Å²) >= 11 is 1.56. The van der Waals surface area contributed by atoms with Crippen LogP contribution in [0.15, 0.2) is 17.5 Å². The van der Waals surface area contributed by atoms with Gasteiger partial charge in [0, 0.05) is 0 Å². The Labute approximate surface area is 46.5 Å². The minimum Gasteiger partial charge on any atom is -0.391 e. The molecule has 0 unspecified atom stereocenters. The van der Waals surface area contributed by atoms with E-state index in [1.165, 1.54) is 0 Å². The number of anilines is 1. The number of nitrogens with two attached hydrogens (primary N) is 1. The molecule has 1 aromatic rings. The first-order valence-electron chi connectivity index (χ1n) is 1.68. The zero-order valence-corrected chi connectivity index (χ0v) is 4.74. The monoisotopic (exact) mass is 116 g/mol. The summed E-state index contributed by atoms with van der Waals surface area (Å²) in [6.07, 6.45) is 0. The molecule has 3 heteroatoms. The standard InChI is InChI=1S/C4H5NS.H3N/c5-4-2-1-3-6-4;/h1-3H,5H2;1H3. The highest BCUT2D eigenvalue weighted by Crippen LogP contribution is 2.07. The lowest BCUT2D eigenvalue weighted by molar-refractivity contribution is 1.94. The zero-order chi connectivity index (χ0) is 4.41. The second-order valence-electron chi connectivity index (χ2n) is 1.02. The van der Waals surface area contributed by atoms with E-state index in [0.29, 0.717) is 0 Å². The molecule has 0 atom stereocenters. The van der Waals surface area contributed by atoms with E-state index in [-0.39, 0.29) is 6.15 Å². The molecule has 0 bridgehead atoms. The molecule has 1 heterocycles. The molecule has 0 aromatic carbocycles. The van der Waals surface area contributed by atoms with Gasteiger partial charge in [0.1, 0.15) is 0 Å². The van der Waals surface area contributed by atoms with Gasteiger partial charge in [-0.25, -0.2) is 0 Å². The quantitative estimate of drug-likeness (QED) is 0.539. The minimum atomic E-state index is 0. The predicted molar refractivity (Wildman–Crippen MR) is 33.8 cm³/mol. The highest BCUT2D eigenvalue weighted by molar-refractivity contribution is 7.13. The van der Waals surface area contributed by atoms with E-state index in [9.17, 15) is 0 Å². The summed E-state index contributed by atoms with van der Waals surface area (Å²) in [6.45, 7) is 0. The first-order chi connectivity index (χ1) is 2.89. The lowest BCUT2D eigenvalue weighted by Crippen LogP contribution is -1.72. The number of rotatable bonds is 0. The van der Waals surface area contributed by atoms with Crippen LogP contribution in [-0.2, 0) is 0 Å². The molecule has 5 N–H and O–H groups in total. The van der Waals surface area contributed by atoms with Crippen molar-refractivity contribution in [3.05, 3.63) is 17.5 Å². The summed E-state index contributed by atoms with van der Waals surface area (Å²) < 4.78 is 0. The Morgan fingerprint density at radius 3 is 2.43 bits per heavy atom.